The second kappa shape index (κ2) is 7.25. The summed E-state index contributed by atoms with van der Waals surface area (Å²) in [6, 6.07) is 11.0. The van der Waals surface area contributed by atoms with Gasteiger partial charge < -0.3 is 14.8 Å². The molecule has 7 heteroatoms. The van der Waals surface area contributed by atoms with Gasteiger partial charge in [0.2, 0.25) is 0 Å². The lowest BCUT2D eigenvalue weighted by atomic mass is 10.2. The Balaban J connectivity index is 2.01. The van der Waals surface area contributed by atoms with Crippen molar-refractivity contribution in [2.75, 3.05) is 12.4 Å². The number of rotatable bonds is 5. The summed E-state index contributed by atoms with van der Waals surface area (Å²) in [5, 5.41) is 2.51. The van der Waals surface area contributed by atoms with Crippen LogP contribution in [0.5, 0.6) is 11.5 Å². The summed E-state index contributed by atoms with van der Waals surface area (Å²) < 4.78 is 48.2. The predicted molar refractivity (Wildman–Crippen MR) is 83.2 cm³/mol. The van der Waals surface area contributed by atoms with Gasteiger partial charge in [0.1, 0.15) is 0 Å². The minimum Gasteiger partial charge on any atom is -0.493 e. The van der Waals surface area contributed by atoms with E-state index in [0.29, 0.717) is 11.5 Å². The third-order valence-corrected chi connectivity index (χ3v) is 3.22. The maximum atomic E-state index is 12.5. The number of hydrogen-bond acceptors (Lipinski definition) is 3. The van der Waals surface area contributed by atoms with Gasteiger partial charge in [-0.25, -0.2) is 0 Å². The summed E-state index contributed by atoms with van der Waals surface area (Å²) in [5.74, 6) is 0.391. The topological polar surface area (TPSA) is 47.6 Å². The first-order valence-corrected chi connectivity index (χ1v) is 7.09. The van der Waals surface area contributed by atoms with Crippen LogP contribution in [0.15, 0.2) is 48.5 Å². The van der Waals surface area contributed by atoms with E-state index in [1.54, 1.807) is 24.3 Å². The van der Waals surface area contributed by atoms with E-state index in [0.717, 1.165) is 12.1 Å². The zero-order chi connectivity index (χ0) is 17.7. The second-order valence-electron chi connectivity index (χ2n) is 4.98. The van der Waals surface area contributed by atoms with Gasteiger partial charge in [0.15, 0.2) is 17.6 Å². The molecule has 0 spiro atoms. The molecule has 0 heterocycles. The predicted octanol–water partition coefficient (Wildman–Crippen LogP) is 4.12. The van der Waals surface area contributed by atoms with Crippen molar-refractivity contribution in [2.24, 2.45) is 0 Å². The smallest absolute Gasteiger partial charge is 0.416 e. The van der Waals surface area contributed by atoms with Gasteiger partial charge in [-0.3, -0.25) is 4.79 Å². The van der Waals surface area contributed by atoms with Gasteiger partial charge in [-0.1, -0.05) is 12.1 Å². The molecule has 0 aromatic heterocycles. The van der Waals surface area contributed by atoms with Crippen LogP contribution < -0.4 is 14.8 Å². The molecule has 0 saturated heterocycles. The maximum absolute atomic E-state index is 12.5. The Bertz CT molecular complexity index is 699. The molecule has 0 aliphatic carbocycles. The molecular weight excluding hydrogens is 323 g/mol. The molecule has 0 unspecified atom stereocenters. The number of alkyl halides is 3. The Morgan fingerprint density at radius 3 is 2.17 bits per heavy atom. The normalized spacial score (nSPS) is 12.4. The summed E-state index contributed by atoms with van der Waals surface area (Å²) in [6.07, 6.45) is -5.27. The van der Waals surface area contributed by atoms with Gasteiger partial charge in [0.05, 0.1) is 12.7 Å². The summed E-state index contributed by atoms with van der Waals surface area (Å²) in [5.41, 5.74) is -0.526. The molecule has 1 atom stereocenters. The number of methoxy groups -OCH3 is 1. The van der Waals surface area contributed by atoms with Crippen LogP contribution in [0.25, 0.3) is 0 Å². The van der Waals surface area contributed by atoms with Crippen molar-refractivity contribution < 1.29 is 27.4 Å². The van der Waals surface area contributed by atoms with Gasteiger partial charge in [0, 0.05) is 5.69 Å². The quantitative estimate of drug-likeness (QED) is 0.891. The number of carbonyl (C=O) groups excluding carboxylic acids is 1. The number of ether oxygens (including phenoxy) is 2. The van der Waals surface area contributed by atoms with Gasteiger partial charge in [-0.15, -0.1) is 0 Å². The van der Waals surface area contributed by atoms with E-state index in [-0.39, 0.29) is 5.69 Å². The first-order chi connectivity index (χ1) is 11.3. The fraction of sp³-hybridized carbons (Fsp3) is 0.235. The third kappa shape index (κ3) is 4.41. The van der Waals surface area contributed by atoms with E-state index >= 15 is 0 Å². The number of amides is 1. The van der Waals surface area contributed by atoms with Crippen molar-refractivity contribution in [1.82, 2.24) is 0 Å². The summed E-state index contributed by atoms with van der Waals surface area (Å²) >= 11 is 0. The number of anilines is 1. The Hall–Kier alpha value is -2.70. The Morgan fingerprint density at radius 1 is 1.04 bits per heavy atom. The number of nitrogens with one attached hydrogen (secondary N) is 1. The van der Waals surface area contributed by atoms with Gasteiger partial charge in [0.25, 0.3) is 5.91 Å². The first-order valence-electron chi connectivity index (χ1n) is 7.09. The summed E-state index contributed by atoms with van der Waals surface area (Å²) in [6.45, 7) is 1.53. The van der Waals surface area contributed by atoms with Gasteiger partial charge in [-0.05, 0) is 43.3 Å². The molecule has 0 saturated carbocycles. The fourth-order valence-electron chi connectivity index (χ4n) is 1.95. The van der Waals surface area contributed by atoms with Crippen molar-refractivity contribution in [3.05, 3.63) is 54.1 Å². The largest absolute Gasteiger partial charge is 0.493 e. The van der Waals surface area contributed by atoms with Gasteiger partial charge >= 0.3 is 6.18 Å². The van der Waals surface area contributed by atoms with Gasteiger partial charge in [-0.2, -0.15) is 13.2 Å². The van der Waals surface area contributed by atoms with Crippen LogP contribution in [0.4, 0.5) is 18.9 Å². The molecule has 1 N–H and O–H groups in total. The second-order valence-corrected chi connectivity index (χ2v) is 4.98. The van der Waals surface area contributed by atoms with Crippen molar-refractivity contribution in [3.8, 4) is 11.5 Å². The van der Waals surface area contributed by atoms with E-state index in [2.05, 4.69) is 5.32 Å². The zero-order valence-corrected chi connectivity index (χ0v) is 13.1. The van der Waals surface area contributed by atoms with Crippen molar-refractivity contribution in [1.29, 1.82) is 0 Å². The molecule has 0 fully saturated rings. The molecule has 4 nitrogen and oxygen atoms in total. The average molecular weight is 339 g/mol. The number of carbonyl (C=O) groups is 1. The lowest BCUT2D eigenvalue weighted by molar-refractivity contribution is -0.137. The Kier molecular flexibility index (Phi) is 5.33. The number of halogens is 3. The van der Waals surface area contributed by atoms with Crippen molar-refractivity contribution >= 4 is 11.6 Å². The average Bonchev–Trinajstić information content (AvgIpc) is 2.55. The van der Waals surface area contributed by atoms with Crippen molar-refractivity contribution in [3.63, 3.8) is 0 Å². The molecule has 0 aliphatic rings. The molecule has 24 heavy (non-hydrogen) atoms. The molecular formula is C17H16F3NO3. The minimum atomic E-state index is -4.41. The fourth-order valence-corrected chi connectivity index (χ4v) is 1.95. The van der Waals surface area contributed by atoms with Crippen LogP contribution in [0.2, 0.25) is 0 Å². The highest BCUT2D eigenvalue weighted by Gasteiger charge is 2.30. The first kappa shape index (κ1) is 17.7. The molecule has 0 aliphatic heterocycles. The highest BCUT2D eigenvalue weighted by molar-refractivity contribution is 5.94. The van der Waals surface area contributed by atoms with Crippen LogP contribution in [0.3, 0.4) is 0 Å². The zero-order valence-electron chi connectivity index (χ0n) is 13.1. The van der Waals surface area contributed by atoms with E-state index in [9.17, 15) is 18.0 Å². The molecule has 0 radical (unpaired) electrons. The highest BCUT2D eigenvalue weighted by Crippen LogP contribution is 2.30. The molecule has 128 valence electrons. The molecule has 2 aromatic carbocycles. The molecule has 2 rings (SSSR count). The number of benzene rings is 2. The standard InChI is InChI=1S/C17H16F3NO3/c1-11(24-15-6-4-3-5-14(15)23-2)16(22)21-13-9-7-12(8-10-13)17(18,19)20/h3-11H,1-2H3,(H,21,22)/t11-/m0/s1. The van der Waals surface area contributed by atoms with E-state index in [1.165, 1.54) is 26.2 Å². The minimum absolute atomic E-state index is 0.253. The number of hydrogen-bond donors (Lipinski definition) is 1. The summed E-state index contributed by atoms with van der Waals surface area (Å²) in [4.78, 5) is 12.1. The molecule has 1 amide bonds. The van der Waals surface area contributed by atoms with Crippen molar-refractivity contribution in [2.45, 2.75) is 19.2 Å². The van der Waals surface area contributed by atoms with Crippen LogP contribution >= 0.6 is 0 Å². The maximum Gasteiger partial charge on any atom is 0.416 e. The third-order valence-electron chi connectivity index (χ3n) is 3.22. The highest BCUT2D eigenvalue weighted by atomic mass is 19.4. The van der Waals surface area contributed by atoms with Crippen LogP contribution in [0, 0.1) is 0 Å². The lowest BCUT2D eigenvalue weighted by Crippen LogP contribution is -2.30. The monoisotopic (exact) mass is 339 g/mol. The van der Waals surface area contributed by atoms with E-state index < -0.39 is 23.8 Å². The number of para-hydroxylation sites is 2. The van der Waals surface area contributed by atoms with Crippen LogP contribution in [-0.2, 0) is 11.0 Å². The lowest BCUT2D eigenvalue weighted by Gasteiger charge is -2.16. The Morgan fingerprint density at radius 2 is 1.62 bits per heavy atom. The molecule has 2 aromatic rings. The SMILES string of the molecule is COc1ccccc1O[C@@H](C)C(=O)Nc1ccc(C(F)(F)F)cc1. The van der Waals surface area contributed by atoms with E-state index in [4.69, 9.17) is 9.47 Å². The molecule has 0 bridgehead atoms. The van der Waals surface area contributed by atoms with Crippen LogP contribution in [-0.4, -0.2) is 19.1 Å². The summed E-state index contributed by atoms with van der Waals surface area (Å²) in [7, 11) is 1.48. The Labute approximate surface area is 137 Å². The van der Waals surface area contributed by atoms with E-state index in [1.807, 2.05) is 0 Å². The van der Waals surface area contributed by atoms with Crippen LogP contribution in [0.1, 0.15) is 12.5 Å².